The van der Waals surface area contributed by atoms with Gasteiger partial charge in [0, 0.05) is 6.04 Å². The van der Waals surface area contributed by atoms with Crippen LogP contribution in [0.2, 0.25) is 0 Å². The molecule has 1 fully saturated rings. The summed E-state index contributed by atoms with van der Waals surface area (Å²) in [6.07, 6.45) is 6.34. The summed E-state index contributed by atoms with van der Waals surface area (Å²) in [6.45, 7) is 4.50. The molecule has 0 saturated heterocycles. The molecule has 2 rings (SSSR count). The van der Waals surface area contributed by atoms with Crippen molar-refractivity contribution in [2.75, 3.05) is 5.32 Å². The monoisotopic (exact) mass is 249 g/mol. The summed E-state index contributed by atoms with van der Waals surface area (Å²) >= 11 is 0. The van der Waals surface area contributed by atoms with Crippen LogP contribution in [0.1, 0.15) is 43.6 Å². The third-order valence-corrected chi connectivity index (χ3v) is 3.62. The standard InChI is InChI=1S/C13H19N3O2/c1-8-3-4-10(9(2)5-8)15-12-7-14-6-11(16-12)13(17)18/h6-10H,3-5H2,1-2H3,(H,15,16)(H,17,18). The number of carboxylic acids is 1. The number of aromatic carboxylic acids is 1. The SMILES string of the molecule is CC1CCC(Nc2cncc(C(=O)O)n2)C(C)C1. The van der Waals surface area contributed by atoms with Crippen molar-refractivity contribution in [1.82, 2.24) is 9.97 Å². The van der Waals surface area contributed by atoms with Crippen molar-refractivity contribution in [2.45, 2.75) is 39.2 Å². The molecule has 0 radical (unpaired) electrons. The third-order valence-electron chi connectivity index (χ3n) is 3.62. The van der Waals surface area contributed by atoms with Crippen molar-refractivity contribution in [2.24, 2.45) is 11.8 Å². The molecule has 98 valence electrons. The molecule has 3 unspecified atom stereocenters. The van der Waals surface area contributed by atoms with Gasteiger partial charge in [-0.1, -0.05) is 13.8 Å². The molecule has 18 heavy (non-hydrogen) atoms. The van der Waals surface area contributed by atoms with Crippen molar-refractivity contribution in [3.63, 3.8) is 0 Å². The van der Waals surface area contributed by atoms with E-state index < -0.39 is 5.97 Å². The van der Waals surface area contributed by atoms with Gasteiger partial charge in [0.15, 0.2) is 5.69 Å². The molecule has 1 aromatic heterocycles. The number of nitrogens with one attached hydrogen (secondary N) is 1. The first-order valence-corrected chi connectivity index (χ1v) is 6.38. The number of hydrogen-bond donors (Lipinski definition) is 2. The maximum Gasteiger partial charge on any atom is 0.356 e. The molecular weight excluding hydrogens is 230 g/mol. The lowest BCUT2D eigenvalue weighted by Gasteiger charge is -2.33. The maximum atomic E-state index is 10.8. The molecule has 1 saturated carbocycles. The van der Waals surface area contributed by atoms with E-state index in [0.29, 0.717) is 17.8 Å². The van der Waals surface area contributed by atoms with Gasteiger partial charge >= 0.3 is 5.97 Å². The Hall–Kier alpha value is -1.65. The van der Waals surface area contributed by atoms with E-state index in [1.54, 1.807) is 6.20 Å². The lowest BCUT2D eigenvalue weighted by atomic mass is 9.80. The Balaban J connectivity index is 2.05. The van der Waals surface area contributed by atoms with Crippen LogP contribution in [-0.2, 0) is 0 Å². The van der Waals surface area contributed by atoms with Crippen molar-refractivity contribution in [3.8, 4) is 0 Å². The molecule has 5 heteroatoms. The zero-order valence-corrected chi connectivity index (χ0v) is 10.8. The fourth-order valence-corrected chi connectivity index (χ4v) is 2.61. The molecule has 0 amide bonds. The third kappa shape index (κ3) is 2.97. The largest absolute Gasteiger partial charge is 0.476 e. The Labute approximate surface area is 107 Å². The maximum absolute atomic E-state index is 10.8. The molecular formula is C13H19N3O2. The van der Waals surface area contributed by atoms with Crippen LogP contribution in [0.25, 0.3) is 0 Å². The predicted molar refractivity (Wildman–Crippen MR) is 68.6 cm³/mol. The highest BCUT2D eigenvalue weighted by molar-refractivity contribution is 5.85. The Morgan fingerprint density at radius 3 is 2.83 bits per heavy atom. The second-order valence-electron chi connectivity index (χ2n) is 5.24. The zero-order chi connectivity index (χ0) is 13.1. The van der Waals surface area contributed by atoms with Crippen LogP contribution in [0.5, 0.6) is 0 Å². The summed E-state index contributed by atoms with van der Waals surface area (Å²) in [5.41, 5.74) is -0.0168. The highest BCUT2D eigenvalue weighted by Gasteiger charge is 2.25. The normalized spacial score (nSPS) is 27.8. The number of nitrogens with zero attached hydrogens (tertiary/aromatic N) is 2. The Morgan fingerprint density at radius 1 is 1.39 bits per heavy atom. The van der Waals surface area contributed by atoms with Gasteiger partial charge < -0.3 is 10.4 Å². The van der Waals surface area contributed by atoms with Gasteiger partial charge in [-0.25, -0.2) is 9.78 Å². The lowest BCUT2D eigenvalue weighted by Crippen LogP contribution is -2.33. The first kappa shape index (κ1) is 12.8. The van der Waals surface area contributed by atoms with Crippen LogP contribution in [0.3, 0.4) is 0 Å². The number of anilines is 1. The molecule has 0 bridgehead atoms. The van der Waals surface area contributed by atoms with E-state index in [4.69, 9.17) is 5.11 Å². The van der Waals surface area contributed by atoms with Gasteiger partial charge in [-0.15, -0.1) is 0 Å². The number of rotatable bonds is 3. The second-order valence-corrected chi connectivity index (χ2v) is 5.24. The Kier molecular flexibility index (Phi) is 3.79. The molecule has 3 atom stereocenters. The summed E-state index contributed by atoms with van der Waals surface area (Å²) in [7, 11) is 0. The fourth-order valence-electron chi connectivity index (χ4n) is 2.61. The smallest absolute Gasteiger partial charge is 0.356 e. The molecule has 0 aliphatic heterocycles. The average Bonchev–Trinajstić information content (AvgIpc) is 2.33. The van der Waals surface area contributed by atoms with Crippen molar-refractivity contribution < 1.29 is 9.90 Å². The Bertz CT molecular complexity index is 436. The first-order chi connectivity index (χ1) is 8.56. The van der Waals surface area contributed by atoms with Gasteiger partial charge in [-0.05, 0) is 31.1 Å². The van der Waals surface area contributed by atoms with E-state index in [9.17, 15) is 4.79 Å². The quantitative estimate of drug-likeness (QED) is 0.860. The summed E-state index contributed by atoms with van der Waals surface area (Å²) in [4.78, 5) is 18.8. The molecule has 2 N–H and O–H groups in total. The van der Waals surface area contributed by atoms with Gasteiger partial charge in [-0.2, -0.15) is 0 Å². The number of aromatic nitrogens is 2. The van der Waals surface area contributed by atoms with Gasteiger partial charge in [0.25, 0.3) is 0 Å². The van der Waals surface area contributed by atoms with E-state index in [0.717, 1.165) is 12.3 Å². The van der Waals surface area contributed by atoms with Crippen LogP contribution in [0.15, 0.2) is 12.4 Å². The minimum absolute atomic E-state index is 0.0168. The average molecular weight is 249 g/mol. The van der Waals surface area contributed by atoms with Gasteiger partial charge in [0.2, 0.25) is 0 Å². The fraction of sp³-hybridized carbons (Fsp3) is 0.615. The highest BCUT2D eigenvalue weighted by atomic mass is 16.4. The molecule has 1 aliphatic carbocycles. The molecule has 1 heterocycles. The molecule has 0 spiro atoms. The van der Waals surface area contributed by atoms with Crippen molar-refractivity contribution >= 4 is 11.8 Å². The van der Waals surface area contributed by atoms with Crippen LogP contribution in [0.4, 0.5) is 5.82 Å². The molecule has 1 aliphatic rings. The summed E-state index contributed by atoms with van der Waals surface area (Å²) < 4.78 is 0. The van der Waals surface area contributed by atoms with Gasteiger partial charge in [0.1, 0.15) is 5.82 Å². The van der Waals surface area contributed by atoms with Crippen LogP contribution >= 0.6 is 0 Å². The number of carboxylic acid groups (broad SMARTS) is 1. The van der Waals surface area contributed by atoms with Gasteiger partial charge in [-0.3, -0.25) is 4.98 Å². The Morgan fingerprint density at radius 2 is 2.17 bits per heavy atom. The van der Waals surface area contributed by atoms with Crippen LogP contribution in [0, 0.1) is 11.8 Å². The number of hydrogen-bond acceptors (Lipinski definition) is 4. The first-order valence-electron chi connectivity index (χ1n) is 6.38. The van der Waals surface area contributed by atoms with E-state index >= 15 is 0 Å². The molecule has 0 aromatic carbocycles. The molecule has 5 nitrogen and oxygen atoms in total. The minimum Gasteiger partial charge on any atom is -0.476 e. The highest BCUT2D eigenvalue weighted by Crippen LogP contribution is 2.30. The van der Waals surface area contributed by atoms with E-state index in [1.807, 2.05) is 0 Å². The molecule has 1 aromatic rings. The van der Waals surface area contributed by atoms with E-state index in [1.165, 1.54) is 19.0 Å². The summed E-state index contributed by atoms with van der Waals surface area (Å²) in [5, 5.41) is 12.2. The van der Waals surface area contributed by atoms with Gasteiger partial charge in [0.05, 0.1) is 12.4 Å². The van der Waals surface area contributed by atoms with Crippen molar-refractivity contribution in [3.05, 3.63) is 18.1 Å². The number of carbonyl (C=O) groups is 1. The lowest BCUT2D eigenvalue weighted by molar-refractivity contribution is 0.0690. The second kappa shape index (κ2) is 5.33. The summed E-state index contributed by atoms with van der Waals surface area (Å²) in [5.74, 6) is 0.858. The van der Waals surface area contributed by atoms with Crippen LogP contribution in [-0.4, -0.2) is 27.1 Å². The summed E-state index contributed by atoms with van der Waals surface area (Å²) in [6, 6.07) is 0.361. The predicted octanol–water partition coefficient (Wildman–Crippen LogP) is 2.41. The minimum atomic E-state index is -1.04. The van der Waals surface area contributed by atoms with E-state index in [-0.39, 0.29) is 5.69 Å². The van der Waals surface area contributed by atoms with Crippen LogP contribution < -0.4 is 5.32 Å². The topological polar surface area (TPSA) is 75.1 Å². The van der Waals surface area contributed by atoms with Crippen molar-refractivity contribution in [1.29, 1.82) is 0 Å². The zero-order valence-electron chi connectivity index (χ0n) is 10.8. The van der Waals surface area contributed by atoms with E-state index in [2.05, 4.69) is 29.1 Å².